The van der Waals surface area contributed by atoms with E-state index in [0.717, 1.165) is 0 Å². The van der Waals surface area contributed by atoms with Crippen LogP contribution in [0, 0.1) is 0 Å². The summed E-state index contributed by atoms with van der Waals surface area (Å²) < 4.78 is 13.9. The van der Waals surface area contributed by atoms with Crippen LogP contribution in [-0.4, -0.2) is 0 Å². The SMILES string of the molecule is Nc1ccc(N(F)c2ccc(N)cc2)cc1. The molecule has 0 spiro atoms. The van der Waals surface area contributed by atoms with Crippen molar-refractivity contribution in [3.63, 3.8) is 0 Å². The normalized spacial score (nSPS) is 10.1. The summed E-state index contributed by atoms with van der Waals surface area (Å²) in [4.78, 5) is 0. The molecule has 2 aromatic rings. The van der Waals surface area contributed by atoms with Crippen LogP contribution in [0.5, 0.6) is 0 Å². The Labute approximate surface area is 93.0 Å². The van der Waals surface area contributed by atoms with Crippen LogP contribution in [0.25, 0.3) is 0 Å². The van der Waals surface area contributed by atoms with Gasteiger partial charge in [-0.05, 0) is 48.5 Å². The molecular formula is C12H12FN3. The van der Waals surface area contributed by atoms with Crippen molar-refractivity contribution in [3.05, 3.63) is 48.5 Å². The first kappa shape index (κ1) is 10.3. The molecule has 0 unspecified atom stereocenters. The average molecular weight is 217 g/mol. The van der Waals surface area contributed by atoms with Gasteiger partial charge < -0.3 is 11.5 Å². The molecule has 0 bridgehead atoms. The van der Waals surface area contributed by atoms with Gasteiger partial charge in [0.15, 0.2) is 0 Å². The van der Waals surface area contributed by atoms with Crippen molar-refractivity contribution in [2.75, 3.05) is 16.6 Å². The van der Waals surface area contributed by atoms with E-state index in [1.807, 2.05) is 0 Å². The van der Waals surface area contributed by atoms with Gasteiger partial charge in [-0.1, -0.05) is 4.48 Å². The molecule has 2 aromatic carbocycles. The first-order chi connectivity index (χ1) is 7.66. The number of nitrogen functional groups attached to an aromatic ring is 2. The lowest BCUT2D eigenvalue weighted by Gasteiger charge is -2.13. The molecule has 0 atom stereocenters. The van der Waals surface area contributed by atoms with Crippen molar-refractivity contribution in [1.82, 2.24) is 0 Å². The number of hydrogen-bond donors (Lipinski definition) is 2. The third-order valence-electron chi connectivity index (χ3n) is 2.24. The van der Waals surface area contributed by atoms with Crippen molar-refractivity contribution < 1.29 is 4.48 Å². The zero-order valence-electron chi connectivity index (χ0n) is 8.60. The molecule has 0 saturated heterocycles. The van der Waals surface area contributed by atoms with Gasteiger partial charge in [0.05, 0.1) is 11.4 Å². The van der Waals surface area contributed by atoms with E-state index in [4.69, 9.17) is 11.5 Å². The summed E-state index contributed by atoms with van der Waals surface area (Å²) in [6, 6.07) is 13.1. The smallest absolute Gasteiger partial charge is 0.0748 e. The van der Waals surface area contributed by atoms with Crippen molar-refractivity contribution in [2.24, 2.45) is 0 Å². The Kier molecular flexibility index (Phi) is 2.64. The number of benzene rings is 2. The monoisotopic (exact) mass is 217 g/mol. The highest BCUT2D eigenvalue weighted by molar-refractivity contribution is 5.63. The molecule has 0 saturated carbocycles. The highest BCUT2D eigenvalue weighted by atomic mass is 19.2. The molecule has 0 aromatic heterocycles. The number of hydrogen-bond acceptors (Lipinski definition) is 3. The second kappa shape index (κ2) is 4.10. The molecule has 0 aliphatic heterocycles. The minimum absolute atomic E-state index is 0.430. The van der Waals surface area contributed by atoms with E-state index in [-0.39, 0.29) is 0 Å². The fourth-order valence-electron chi connectivity index (χ4n) is 1.36. The van der Waals surface area contributed by atoms with Gasteiger partial charge in [0.2, 0.25) is 0 Å². The van der Waals surface area contributed by atoms with Crippen molar-refractivity contribution in [1.29, 1.82) is 0 Å². The summed E-state index contributed by atoms with van der Waals surface area (Å²) in [5.41, 5.74) is 13.1. The van der Waals surface area contributed by atoms with Crippen molar-refractivity contribution in [3.8, 4) is 0 Å². The summed E-state index contributed by atoms with van der Waals surface area (Å²) in [7, 11) is 0. The Morgan fingerprint density at radius 2 is 1.00 bits per heavy atom. The van der Waals surface area contributed by atoms with Crippen LogP contribution in [0.3, 0.4) is 0 Å². The van der Waals surface area contributed by atoms with Crippen molar-refractivity contribution in [2.45, 2.75) is 0 Å². The Morgan fingerprint density at radius 3 is 1.31 bits per heavy atom. The van der Waals surface area contributed by atoms with E-state index < -0.39 is 0 Å². The van der Waals surface area contributed by atoms with Gasteiger partial charge in [0.1, 0.15) is 0 Å². The molecule has 3 nitrogen and oxygen atoms in total. The van der Waals surface area contributed by atoms with Gasteiger partial charge in [-0.15, -0.1) is 0 Å². The van der Waals surface area contributed by atoms with Crippen molar-refractivity contribution >= 4 is 22.7 Å². The number of nitrogens with zero attached hydrogens (tertiary/aromatic N) is 1. The van der Waals surface area contributed by atoms with Gasteiger partial charge in [0.25, 0.3) is 0 Å². The maximum atomic E-state index is 13.9. The van der Waals surface area contributed by atoms with E-state index in [1.165, 1.54) is 0 Å². The molecular weight excluding hydrogens is 205 g/mol. The van der Waals surface area contributed by atoms with Crippen LogP contribution in [-0.2, 0) is 0 Å². The van der Waals surface area contributed by atoms with Crippen LogP contribution in [0.1, 0.15) is 0 Å². The van der Waals surface area contributed by atoms with Crippen LogP contribution >= 0.6 is 0 Å². The van der Waals surface area contributed by atoms with Gasteiger partial charge in [-0.2, -0.15) is 5.12 Å². The second-order valence-corrected chi connectivity index (χ2v) is 3.46. The topological polar surface area (TPSA) is 55.3 Å². The molecule has 0 radical (unpaired) electrons. The van der Waals surface area contributed by atoms with E-state index in [0.29, 0.717) is 27.9 Å². The third kappa shape index (κ3) is 2.06. The lowest BCUT2D eigenvalue weighted by atomic mass is 10.2. The first-order valence-electron chi connectivity index (χ1n) is 4.84. The van der Waals surface area contributed by atoms with Crippen LogP contribution in [0.15, 0.2) is 48.5 Å². The molecule has 0 aliphatic rings. The summed E-state index contributed by atoms with van der Waals surface area (Å²) in [5, 5.41) is 0.582. The zero-order valence-corrected chi connectivity index (χ0v) is 8.60. The largest absolute Gasteiger partial charge is 0.399 e. The number of halogens is 1. The predicted molar refractivity (Wildman–Crippen MR) is 65.0 cm³/mol. The highest BCUT2D eigenvalue weighted by Crippen LogP contribution is 2.26. The molecule has 0 aliphatic carbocycles. The lowest BCUT2D eigenvalue weighted by molar-refractivity contribution is 0.505. The van der Waals surface area contributed by atoms with Gasteiger partial charge in [0, 0.05) is 11.4 Å². The van der Waals surface area contributed by atoms with Crippen LogP contribution in [0.2, 0.25) is 0 Å². The first-order valence-corrected chi connectivity index (χ1v) is 4.84. The molecule has 4 heteroatoms. The molecule has 0 heterocycles. The molecule has 2 rings (SSSR count). The standard InChI is InChI=1S/C12H12FN3/c13-16(11-5-1-9(14)2-6-11)12-7-3-10(15)4-8-12/h1-8H,14-15H2. The fourth-order valence-corrected chi connectivity index (χ4v) is 1.36. The van der Waals surface area contributed by atoms with E-state index in [1.54, 1.807) is 48.5 Å². The molecule has 82 valence electrons. The lowest BCUT2D eigenvalue weighted by Crippen LogP contribution is -2.03. The predicted octanol–water partition coefficient (Wildman–Crippen LogP) is 2.87. The number of rotatable bonds is 2. The van der Waals surface area contributed by atoms with E-state index in [9.17, 15) is 4.48 Å². The summed E-state index contributed by atoms with van der Waals surface area (Å²) in [5.74, 6) is 0. The van der Waals surface area contributed by atoms with Gasteiger partial charge in [-0.25, -0.2) is 0 Å². The molecule has 16 heavy (non-hydrogen) atoms. The Balaban J connectivity index is 2.28. The maximum absolute atomic E-state index is 13.9. The van der Waals surface area contributed by atoms with Crippen LogP contribution < -0.4 is 16.6 Å². The van der Waals surface area contributed by atoms with E-state index in [2.05, 4.69) is 0 Å². The van der Waals surface area contributed by atoms with Gasteiger partial charge in [-0.3, -0.25) is 0 Å². The Hall–Kier alpha value is -2.23. The second-order valence-electron chi connectivity index (χ2n) is 3.46. The minimum Gasteiger partial charge on any atom is -0.399 e. The minimum atomic E-state index is 0.430. The quantitative estimate of drug-likeness (QED) is 0.600. The molecule has 0 amide bonds. The summed E-state index contributed by atoms with van der Waals surface area (Å²) >= 11 is 0. The van der Waals surface area contributed by atoms with E-state index >= 15 is 0 Å². The fraction of sp³-hybridized carbons (Fsp3) is 0. The summed E-state index contributed by atoms with van der Waals surface area (Å²) in [6.45, 7) is 0. The van der Waals surface area contributed by atoms with Crippen LogP contribution in [0.4, 0.5) is 27.2 Å². The van der Waals surface area contributed by atoms with Gasteiger partial charge >= 0.3 is 0 Å². The summed E-state index contributed by atoms with van der Waals surface area (Å²) in [6.07, 6.45) is 0. The Bertz CT molecular complexity index is 419. The highest BCUT2D eigenvalue weighted by Gasteiger charge is 2.07. The Morgan fingerprint density at radius 1 is 0.688 bits per heavy atom. The average Bonchev–Trinajstić information content (AvgIpc) is 2.30. The maximum Gasteiger partial charge on any atom is 0.0748 e. The number of nitrogens with two attached hydrogens (primary N) is 2. The third-order valence-corrected chi connectivity index (χ3v) is 2.24. The zero-order chi connectivity index (χ0) is 11.5. The molecule has 0 fully saturated rings. The molecule has 4 N–H and O–H groups in total. The number of anilines is 4.